The number of urea groups is 1. The number of carbonyl (C=O) groups excluding carboxylic acids is 1. The molecule has 3 unspecified atom stereocenters. The summed E-state index contributed by atoms with van der Waals surface area (Å²) >= 11 is 0. The molecule has 2 amide bonds. The summed E-state index contributed by atoms with van der Waals surface area (Å²) in [6.07, 6.45) is 3.43. The van der Waals surface area contributed by atoms with Crippen molar-refractivity contribution < 1.29 is 19.4 Å². The van der Waals surface area contributed by atoms with Crippen LogP contribution in [-0.4, -0.2) is 35.4 Å². The van der Waals surface area contributed by atoms with Crippen LogP contribution >= 0.6 is 0 Å². The smallest absolute Gasteiger partial charge is 0.335 e. The number of hydrogen-bond acceptors (Lipinski definition) is 3. The molecule has 2 aliphatic rings. The summed E-state index contributed by atoms with van der Waals surface area (Å²) < 4.78 is 5.68. The third-order valence-corrected chi connectivity index (χ3v) is 4.05. The molecule has 3 N–H and O–H groups in total. The van der Waals surface area contributed by atoms with Crippen molar-refractivity contribution in [1.82, 2.24) is 10.6 Å². The normalized spacial score (nSPS) is 26.6. The van der Waals surface area contributed by atoms with Crippen LogP contribution in [-0.2, 0) is 11.3 Å². The minimum atomic E-state index is -0.972. The van der Waals surface area contributed by atoms with Crippen LogP contribution in [0.25, 0.3) is 0 Å². The van der Waals surface area contributed by atoms with Gasteiger partial charge in [-0.05, 0) is 37.0 Å². The molecule has 0 spiro atoms. The number of aromatic carboxylic acids is 1. The number of carboxylic acids is 1. The molecule has 2 fully saturated rings. The number of amides is 2. The van der Waals surface area contributed by atoms with Gasteiger partial charge in [0.05, 0.1) is 23.8 Å². The molecule has 1 aromatic rings. The standard InChI is InChI=1S/C15H18N2O4/c18-14(19)10-3-1-2-9(6-10)8-16-15(20)17-12-7-11-4-5-13(12)21-11/h1-3,6,11-13H,4-5,7-8H2,(H,18,19)(H2,16,17,20). The summed E-state index contributed by atoms with van der Waals surface area (Å²) in [5, 5.41) is 14.6. The number of hydrogen-bond donors (Lipinski definition) is 3. The van der Waals surface area contributed by atoms with Crippen LogP contribution in [0.4, 0.5) is 4.79 Å². The first-order chi connectivity index (χ1) is 10.1. The fourth-order valence-corrected chi connectivity index (χ4v) is 3.01. The Bertz CT molecular complexity index is 560. The van der Waals surface area contributed by atoms with E-state index in [0.29, 0.717) is 12.6 Å². The van der Waals surface area contributed by atoms with Crippen molar-refractivity contribution in [3.63, 3.8) is 0 Å². The number of benzene rings is 1. The second-order valence-corrected chi connectivity index (χ2v) is 5.55. The average molecular weight is 290 g/mol. The van der Waals surface area contributed by atoms with E-state index in [4.69, 9.17) is 9.84 Å². The van der Waals surface area contributed by atoms with Crippen molar-refractivity contribution in [1.29, 1.82) is 0 Å². The number of rotatable bonds is 4. The maximum atomic E-state index is 11.9. The van der Waals surface area contributed by atoms with E-state index in [1.807, 2.05) is 0 Å². The molecule has 21 heavy (non-hydrogen) atoms. The number of ether oxygens (including phenoxy) is 1. The van der Waals surface area contributed by atoms with E-state index in [-0.39, 0.29) is 23.7 Å². The molecular formula is C15H18N2O4. The van der Waals surface area contributed by atoms with Crippen LogP contribution < -0.4 is 10.6 Å². The molecule has 2 saturated heterocycles. The lowest BCUT2D eigenvalue weighted by Gasteiger charge is -2.20. The molecule has 112 valence electrons. The monoisotopic (exact) mass is 290 g/mol. The molecule has 0 aliphatic carbocycles. The Morgan fingerprint density at radius 3 is 2.86 bits per heavy atom. The van der Waals surface area contributed by atoms with Crippen LogP contribution in [0.15, 0.2) is 24.3 Å². The number of fused-ring (bicyclic) bond motifs is 2. The fraction of sp³-hybridized carbons (Fsp3) is 0.467. The Kier molecular flexibility index (Phi) is 3.79. The second-order valence-electron chi connectivity index (χ2n) is 5.55. The Morgan fingerprint density at radius 2 is 2.19 bits per heavy atom. The van der Waals surface area contributed by atoms with E-state index in [9.17, 15) is 9.59 Å². The SMILES string of the molecule is O=C(NCc1cccc(C(=O)O)c1)NC1CC2CCC1O2. The first-order valence-corrected chi connectivity index (χ1v) is 7.14. The third-order valence-electron chi connectivity index (χ3n) is 4.05. The van der Waals surface area contributed by atoms with Gasteiger partial charge in [0, 0.05) is 6.54 Å². The van der Waals surface area contributed by atoms with E-state index in [1.165, 1.54) is 6.07 Å². The Hall–Kier alpha value is -2.08. The summed E-state index contributed by atoms with van der Waals surface area (Å²) in [6.45, 7) is 0.300. The van der Waals surface area contributed by atoms with E-state index in [0.717, 1.165) is 24.8 Å². The fourth-order valence-electron chi connectivity index (χ4n) is 3.01. The van der Waals surface area contributed by atoms with Gasteiger partial charge >= 0.3 is 12.0 Å². The molecule has 0 radical (unpaired) electrons. The predicted octanol–water partition coefficient (Wildman–Crippen LogP) is 1.50. The van der Waals surface area contributed by atoms with Crippen LogP contribution in [0.3, 0.4) is 0 Å². The molecule has 2 aliphatic heterocycles. The summed E-state index contributed by atoms with van der Waals surface area (Å²) in [5.74, 6) is -0.972. The summed E-state index contributed by atoms with van der Waals surface area (Å²) in [4.78, 5) is 22.8. The highest BCUT2D eigenvalue weighted by Gasteiger charge is 2.41. The molecule has 1 aromatic carbocycles. The molecule has 3 atom stereocenters. The van der Waals surface area contributed by atoms with Gasteiger partial charge in [0.15, 0.2) is 0 Å². The Balaban J connectivity index is 1.49. The lowest BCUT2D eigenvalue weighted by Crippen LogP contribution is -2.46. The quantitative estimate of drug-likeness (QED) is 0.784. The van der Waals surface area contributed by atoms with Gasteiger partial charge in [0.2, 0.25) is 0 Å². The zero-order valence-corrected chi connectivity index (χ0v) is 11.5. The maximum absolute atomic E-state index is 11.9. The van der Waals surface area contributed by atoms with Crippen LogP contribution in [0.2, 0.25) is 0 Å². The van der Waals surface area contributed by atoms with Crippen molar-refractivity contribution in [2.45, 2.75) is 44.1 Å². The molecule has 0 saturated carbocycles. The maximum Gasteiger partial charge on any atom is 0.335 e. The lowest BCUT2D eigenvalue weighted by molar-refractivity contribution is 0.0696. The minimum absolute atomic E-state index is 0.0918. The second kappa shape index (κ2) is 5.73. The van der Waals surface area contributed by atoms with E-state index >= 15 is 0 Å². The molecule has 3 rings (SSSR count). The van der Waals surface area contributed by atoms with Gasteiger partial charge in [-0.1, -0.05) is 12.1 Å². The average Bonchev–Trinajstić information content (AvgIpc) is 3.08. The van der Waals surface area contributed by atoms with Crippen LogP contribution in [0, 0.1) is 0 Å². The van der Waals surface area contributed by atoms with Crippen molar-refractivity contribution >= 4 is 12.0 Å². The van der Waals surface area contributed by atoms with Crippen molar-refractivity contribution in [3.8, 4) is 0 Å². The molecular weight excluding hydrogens is 272 g/mol. The number of carbonyl (C=O) groups is 2. The minimum Gasteiger partial charge on any atom is -0.478 e. The van der Waals surface area contributed by atoms with Gasteiger partial charge in [-0.15, -0.1) is 0 Å². The van der Waals surface area contributed by atoms with Crippen molar-refractivity contribution in [3.05, 3.63) is 35.4 Å². The van der Waals surface area contributed by atoms with E-state index < -0.39 is 5.97 Å². The Morgan fingerprint density at radius 1 is 1.33 bits per heavy atom. The molecule has 6 heteroatoms. The Labute approximate surface area is 122 Å². The topological polar surface area (TPSA) is 87.7 Å². The van der Waals surface area contributed by atoms with Gasteiger partial charge in [-0.2, -0.15) is 0 Å². The lowest BCUT2D eigenvalue weighted by atomic mass is 9.96. The summed E-state index contributed by atoms with van der Waals surface area (Å²) in [7, 11) is 0. The van der Waals surface area contributed by atoms with Gasteiger partial charge < -0.3 is 20.5 Å². The van der Waals surface area contributed by atoms with E-state index in [2.05, 4.69) is 10.6 Å². The van der Waals surface area contributed by atoms with Gasteiger partial charge in [0.1, 0.15) is 0 Å². The number of carboxylic acid groups (broad SMARTS) is 1. The molecule has 0 aromatic heterocycles. The highest BCUT2D eigenvalue weighted by molar-refractivity contribution is 5.87. The highest BCUT2D eigenvalue weighted by Crippen LogP contribution is 2.34. The summed E-state index contributed by atoms with van der Waals surface area (Å²) in [6, 6.07) is 6.39. The molecule has 6 nitrogen and oxygen atoms in total. The third kappa shape index (κ3) is 3.16. The zero-order valence-electron chi connectivity index (χ0n) is 11.5. The zero-order chi connectivity index (χ0) is 14.8. The first kappa shape index (κ1) is 13.9. The van der Waals surface area contributed by atoms with Gasteiger partial charge in [-0.25, -0.2) is 9.59 Å². The van der Waals surface area contributed by atoms with E-state index in [1.54, 1.807) is 18.2 Å². The van der Waals surface area contributed by atoms with Crippen molar-refractivity contribution in [2.24, 2.45) is 0 Å². The molecule has 2 bridgehead atoms. The molecule has 2 heterocycles. The van der Waals surface area contributed by atoms with Crippen LogP contribution in [0.1, 0.15) is 35.2 Å². The number of nitrogens with one attached hydrogen (secondary N) is 2. The largest absolute Gasteiger partial charge is 0.478 e. The summed E-state index contributed by atoms with van der Waals surface area (Å²) in [5.41, 5.74) is 0.977. The van der Waals surface area contributed by atoms with Crippen molar-refractivity contribution in [2.75, 3.05) is 0 Å². The van der Waals surface area contributed by atoms with Gasteiger partial charge in [0.25, 0.3) is 0 Å². The van der Waals surface area contributed by atoms with Gasteiger partial charge in [-0.3, -0.25) is 0 Å². The predicted molar refractivity (Wildman–Crippen MR) is 75.1 cm³/mol. The van der Waals surface area contributed by atoms with Crippen LogP contribution in [0.5, 0.6) is 0 Å². The first-order valence-electron chi connectivity index (χ1n) is 7.14. The highest BCUT2D eigenvalue weighted by atomic mass is 16.5.